The highest BCUT2D eigenvalue weighted by Crippen LogP contribution is 2.07. The minimum atomic E-state index is -1.25. The topological polar surface area (TPSA) is 69.1 Å². The van der Waals surface area contributed by atoms with Gasteiger partial charge in [0.25, 0.3) is 0 Å². The van der Waals surface area contributed by atoms with Gasteiger partial charge >= 0.3 is 0 Å². The van der Waals surface area contributed by atoms with Crippen molar-refractivity contribution in [3.63, 3.8) is 0 Å². The molecule has 1 atom stereocenters. The molecule has 18 heavy (non-hydrogen) atoms. The van der Waals surface area contributed by atoms with Crippen LogP contribution in [0, 0.1) is 11.8 Å². The first-order valence-electron chi connectivity index (χ1n) is 5.86. The highest BCUT2D eigenvalue weighted by atomic mass is 16.1. The van der Waals surface area contributed by atoms with Gasteiger partial charge in [0.15, 0.2) is 5.54 Å². The minimum absolute atomic E-state index is 0.395. The fourth-order valence-electron chi connectivity index (χ4n) is 1.38. The second-order valence-corrected chi connectivity index (χ2v) is 4.06. The molecule has 0 heterocycles. The van der Waals surface area contributed by atoms with Gasteiger partial charge in [-0.1, -0.05) is 43.0 Å². The number of carbonyl (C=O) groups excluding carboxylic acids is 1. The summed E-state index contributed by atoms with van der Waals surface area (Å²) in [5.41, 5.74) is 11.7. The third kappa shape index (κ3) is 3.47. The number of hydrogen-bond acceptors (Lipinski definition) is 2. The Morgan fingerprint density at radius 2 is 2.00 bits per heavy atom. The summed E-state index contributed by atoms with van der Waals surface area (Å²) in [7, 11) is 0. The van der Waals surface area contributed by atoms with Gasteiger partial charge < -0.3 is 11.5 Å². The van der Waals surface area contributed by atoms with Gasteiger partial charge in [-0.25, -0.2) is 0 Å². The van der Waals surface area contributed by atoms with Crippen molar-refractivity contribution in [1.29, 1.82) is 0 Å². The Morgan fingerprint density at radius 3 is 2.44 bits per heavy atom. The van der Waals surface area contributed by atoms with Crippen molar-refractivity contribution >= 4 is 12.0 Å². The molecular formula is C15H18N2O. The zero-order chi connectivity index (χ0) is 13.6. The molecule has 0 saturated carbocycles. The van der Waals surface area contributed by atoms with Crippen LogP contribution in [0.4, 0.5) is 0 Å². The lowest BCUT2D eigenvalue weighted by molar-refractivity contribution is -0.121. The largest absolute Gasteiger partial charge is 0.367 e. The van der Waals surface area contributed by atoms with Crippen LogP contribution in [-0.4, -0.2) is 11.4 Å². The van der Waals surface area contributed by atoms with Crippen LogP contribution in [0.3, 0.4) is 0 Å². The van der Waals surface area contributed by atoms with Gasteiger partial charge in [0.1, 0.15) is 0 Å². The molecule has 0 radical (unpaired) electrons. The molecule has 1 aromatic carbocycles. The zero-order valence-corrected chi connectivity index (χ0v) is 10.7. The fraction of sp³-hybridized carbons (Fsp3) is 0.267. The van der Waals surface area contributed by atoms with Crippen LogP contribution in [0.1, 0.15) is 31.4 Å². The van der Waals surface area contributed by atoms with Crippen LogP contribution in [0.15, 0.2) is 30.3 Å². The molecule has 0 aliphatic heterocycles. The quantitative estimate of drug-likeness (QED) is 0.791. The Kier molecular flexibility index (Phi) is 4.70. The van der Waals surface area contributed by atoms with E-state index in [4.69, 9.17) is 11.5 Å². The lowest BCUT2D eigenvalue weighted by Crippen LogP contribution is -2.50. The van der Waals surface area contributed by atoms with Crippen LogP contribution >= 0.6 is 0 Å². The molecule has 3 nitrogen and oxygen atoms in total. The van der Waals surface area contributed by atoms with E-state index in [0.717, 1.165) is 11.1 Å². The molecule has 1 amide bonds. The van der Waals surface area contributed by atoms with E-state index in [9.17, 15) is 4.79 Å². The molecule has 0 spiro atoms. The summed E-state index contributed by atoms with van der Waals surface area (Å²) in [5, 5.41) is 0. The van der Waals surface area contributed by atoms with E-state index < -0.39 is 11.4 Å². The molecule has 0 aliphatic carbocycles. The molecule has 0 saturated heterocycles. The normalized spacial score (nSPS) is 13.7. The summed E-state index contributed by atoms with van der Waals surface area (Å²) in [5.74, 6) is 5.04. The summed E-state index contributed by atoms with van der Waals surface area (Å²) in [4.78, 5) is 11.2. The number of primary amides is 1. The number of carbonyl (C=O) groups is 1. The molecule has 1 rings (SSSR count). The third-order valence-corrected chi connectivity index (χ3v) is 2.70. The number of allylic oxidation sites excluding steroid dienone is 1. The number of benzene rings is 1. The minimum Gasteiger partial charge on any atom is -0.367 e. The van der Waals surface area contributed by atoms with Crippen molar-refractivity contribution in [3.05, 3.63) is 41.5 Å². The molecule has 0 bridgehead atoms. The number of hydrogen-bond donors (Lipinski definition) is 2. The van der Waals surface area contributed by atoms with Gasteiger partial charge in [-0.3, -0.25) is 4.79 Å². The number of nitrogens with two attached hydrogens (primary N) is 2. The van der Waals surface area contributed by atoms with Crippen molar-refractivity contribution in [1.82, 2.24) is 0 Å². The smallest absolute Gasteiger partial charge is 0.249 e. The van der Waals surface area contributed by atoms with Crippen molar-refractivity contribution in [2.45, 2.75) is 25.8 Å². The predicted molar refractivity (Wildman–Crippen MR) is 74.4 cm³/mol. The summed E-state index contributed by atoms with van der Waals surface area (Å²) in [6.45, 7) is 3.75. The third-order valence-electron chi connectivity index (χ3n) is 2.70. The van der Waals surface area contributed by atoms with Crippen LogP contribution in [0.2, 0.25) is 0 Å². The van der Waals surface area contributed by atoms with E-state index in [2.05, 4.69) is 11.8 Å². The maximum atomic E-state index is 11.2. The Balaban J connectivity index is 2.95. The molecule has 0 unspecified atom stereocenters. The average molecular weight is 242 g/mol. The van der Waals surface area contributed by atoms with E-state index in [1.807, 2.05) is 43.3 Å². The summed E-state index contributed by atoms with van der Waals surface area (Å²) < 4.78 is 0. The van der Waals surface area contributed by atoms with Crippen molar-refractivity contribution in [2.75, 3.05) is 0 Å². The lowest BCUT2D eigenvalue weighted by atomic mass is 9.97. The molecule has 0 aliphatic rings. The molecule has 0 fully saturated rings. The van der Waals surface area contributed by atoms with Crippen LogP contribution < -0.4 is 11.5 Å². The number of rotatable bonds is 3. The van der Waals surface area contributed by atoms with Gasteiger partial charge in [-0.15, -0.1) is 0 Å². The highest BCUT2D eigenvalue weighted by molar-refractivity contribution is 5.88. The van der Waals surface area contributed by atoms with Crippen molar-refractivity contribution < 1.29 is 4.79 Å². The van der Waals surface area contributed by atoms with E-state index >= 15 is 0 Å². The Labute approximate surface area is 108 Å². The molecule has 4 N–H and O–H groups in total. The summed E-state index contributed by atoms with van der Waals surface area (Å²) in [6, 6.07) is 7.69. The van der Waals surface area contributed by atoms with Crippen LogP contribution in [-0.2, 0) is 4.79 Å². The first-order chi connectivity index (χ1) is 8.51. The van der Waals surface area contributed by atoms with E-state index in [0.29, 0.717) is 6.42 Å². The summed E-state index contributed by atoms with van der Waals surface area (Å²) >= 11 is 0. The lowest BCUT2D eigenvalue weighted by Gasteiger charge is -2.16. The molecular weight excluding hydrogens is 224 g/mol. The van der Waals surface area contributed by atoms with Gasteiger partial charge in [-0.05, 0) is 31.0 Å². The van der Waals surface area contributed by atoms with Gasteiger partial charge in [0.05, 0.1) is 0 Å². The molecule has 0 aromatic heterocycles. The standard InChI is InChI=1S/C15H18N2O/c1-3-5-12-6-8-13(9-7-12)10-11-15(17,4-2)14(16)18/h3,5-9H,4,17H2,1-2H3,(H2,16,18)/b5-3+/t15-/m0/s1. The van der Waals surface area contributed by atoms with Crippen molar-refractivity contribution in [3.8, 4) is 11.8 Å². The fourth-order valence-corrected chi connectivity index (χ4v) is 1.38. The van der Waals surface area contributed by atoms with E-state index in [1.165, 1.54) is 0 Å². The summed E-state index contributed by atoms with van der Waals surface area (Å²) in [6.07, 6.45) is 4.36. The van der Waals surface area contributed by atoms with E-state index in [1.54, 1.807) is 6.92 Å². The van der Waals surface area contributed by atoms with Crippen molar-refractivity contribution in [2.24, 2.45) is 11.5 Å². The highest BCUT2D eigenvalue weighted by Gasteiger charge is 2.26. The average Bonchev–Trinajstić information content (AvgIpc) is 2.37. The van der Waals surface area contributed by atoms with Crippen LogP contribution in [0.25, 0.3) is 6.08 Å². The van der Waals surface area contributed by atoms with Gasteiger partial charge in [-0.2, -0.15) is 0 Å². The number of amides is 1. The molecule has 1 aromatic rings. The Morgan fingerprint density at radius 1 is 1.39 bits per heavy atom. The first kappa shape index (κ1) is 14.0. The Hall–Kier alpha value is -2.05. The predicted octanol–water partition coefficient (Wildman–Crippen LogP) is 1.66. The molecule has 3 heteroatoms. The Bertz CT molecular complexity index is 506. The maximum absolute atomic E-state index is 11.2. The second-order valence-electron chi connectivity index (χ2n) is 4.06. The van der Waals surface area contributed by atoms with Crippen LogP contribution in [0.5, 0.6) is 0 Å². The zero-order valence-electron chi connectivity index (χ0n) is 10.7. The van der Waals surface area contributed by atoms with Gasteiger partial charge in [0, 0.05) is 5.56 Å². The monoisotopic (exact) mass is 242 g/mol. The van der Waals surface area contributed by atoms with E-state index in [-0.39, 0.29) is 0 Å². The molecule has 94 valence electrons. The SMILES string of the molecule is C/C=C/c1ccc(C#C[C@@](N)(CC)C(N)=O)cc1. The van der Waals surface area contributed by atoms with Gasteiger partial charge in [0.2, 0.25) is 5.91 Å². The maximum Gasteiger partial charge on any atom is 0.249 e. The second kappa shape index (κ2) is 6.04. The first-order valence-corrected chi connectivity index (χ1v) is 5.86.